The predicted octanol–water partition coefficient (Wildman–Crippen LogP) is 1.50. The van der Waals surface area contributed by atoms with Gasteiger partial charge in [0, 0.05) is 18.3 Å². The summed E-state index contributed by atoms with van der Waals surface area (Å²) >= 11 is 5.79. The Morgan fingerprint density at radius 2 is 1.86 bits per heavy atom. The second kappa shape index (κ2) is 5.21. The van der Waals surface area contributed by atoms with Gasteiger partial charge in [-0.15, -0.1) is 0 Å². The molecule has 0 aliphatic rings. The largest absolute Gasteiger partial charge is 0.478 e. The van der Waals surface area contributed by atoms with E-state index in [1.807, 2.05) is 0 Å². The van der Waals surface area contributed by atoms with Gasteiger partial charge in [0.15, 0.2) is 0 Å². The summed E-state index contributed by atoms with van der Waals surface area (Å²) in [7, 11) is 1.55. The van der Waals surface area contributed by atoms with E-state index >= 15 is 0 Å². The predicted molar refractivity (Wildman–Crippen MR) is 78.7 cm³/mol. The molecular formula is C14H13ClN2O4. The Morgan fingerprint density at radius 1 is 1.24 bits per heavy atom. The smallest absolute Gasteiger partial charge is 0.337 e. The van der Waals surface area contributed by atoms with Gasteiger partial charge in [-0.25, -0.2) is 14.2 Å². The van der Waals surface area contributed by atoms with Crippen molar-refractivity contribution in [1.82, 2.24) is 9.13 Å². The van der Waals surface area contributed by atoms with Crippen molar-refractivity contribution in [2.45, 2.75) is 13.8 Å². The van der Waals surface area contributed by atoms with Crippen molar-refractivity contribution < 1.29 is 9.90 Å². The van der Waals surface area contributed by atoms with Crippen LogP contribution in [0.1, 0.15) is 21.6 Å². The molecule has 2 rings (SSSR count). The van der Waals surface area contributed by atoms with Crippen LogP contribution in [0.4, 0.5) is 0 Å². The zero-order chi connectivity index (χ0) is 15.9. The summed E-state index contributed by atoms with van der Waals surface area (Å²) < 4.78 is 2.27. The minimum atomic E-state index is -1.23. The van der Waals surface area contributed by atoms with E-state index in [0.717, 1.165) is 4.57 Å². The van der Waals surface area contributed by atoms with Crippen molar-refractivity contribution in [3.05, 3.63) is 60.9 Å². The van der Waals surface area contributed by atoms with Gasteiger partial charge in [0.25, 0.3) is 5.56 Å². The van der Waals surface area contributed by atoms with Crippen LogP contribution in [0.2, 0.25) is 5.02 Å². The van der Waals surface area contributed by atoms with Gasteiger partial charge in [-0.1, -0.05) is 11.6 Å². The second-order valence-electron chi connectivity index (χ2n) is 4.66. The molecule has 0 saturated heterocycles. The molecule has 1 heterocycles. The number of halogens is 1. The van der Waals surface area contributed by atoms with E-state index in [1.54, 1.807) is 20.9 Å². The molecule has 0 amide bonds. The molecule has 0 aliphatic carbocycles. The van der Waals surface area contributed by atoms with Crippen molar-refractivity contribution in [2.75, 3.05) is 0 Å². The summed E-state index contributed by atoms with van der Waals surface area (Å²) in [4.78, 5) is 35.7. The average Bonchev–Trinajstić information content (AvgIpc) is 2.44. The van der Waals surface area contributed by atoms with Gasteiger partial charge in [0.05, 0.1) is 16.3 Å². The molecule has 6 nitrogen and oxygen atoms in total. The van der Waals surface area contributed by atoms with Gasteiger partial charge < -0.3 is 9.67 Å². The minimum Gasteiger partial charge on any atom is -0.478 e. The molecule has 1 aromatic heterocycles. The van der Waals surface area contributed by atoms with E-state index in [2.05, 4.69) is 0 Å². The lowest BCUT2D eigenvalue weighted by Crippen LogP contribution is -2.40. The highest BCUT2D eigenvalue weighted by Gasteiger charge is 2.15. The van der Waals surface area contributed by atoms with Crippen molar-refractivity contribution in [3.63, 3.8) is 0 Å². The Hall–Kier alpha value is -2.34. The summed E-state index contributed by atoms with van der Waals surface area (Å²) in [5.74, 6) is -1.23. The first-order chi connectivity index (χ1) is 9.75. The SMILES string of the molecule is Cc1c(C)n(C)c(=O)n(-c2ccc(Cl)c(C(=O)O)c2)c1=O. The Kier molecular flexibility index (Phi) is 3.74. The molecule has 0 unspecified atom stereocenters. The Bertz CT molecular complexity index is 827. The maximum Gasteiger partial charge on any atom is 0.337 e. The Balaban J connectivity index is 2.87. The Morgan fingerprint density at radius 3 is 2.43 bits per heavy atom. The molecule has 110 valence electrons. The molecule has 0 radical (unpaired) electrons. The van der Waals surface area contributed by atoms with Crippen LogP contribution in [-0.2, 0) is 7.05 Å². The summed E-state index contributed by atoms with van der Waals surface area (Å²) in [6, 6.07) is 4.00. The average molecular weight is 309 g/mol. The molecule has 0 spiro atoms. The third-order valence-corrected chi connectivity index (χ3v) is 3.82. The maximum absolute atomic E-state index is 12.3. The lowest BCUT2D eigenvalue weighted by Gasteiger charge is -2.12. The highest BCUT2D eigenvalue weighted by molar-refractivity contribution is 6.33. The first-order valence-corrected chi connectivity index (χ1v) is 6.46. The highest BCUT2D eigenvalue weighted by atomic mass is 35.5. The fourth-order valence-corrected chi connectivity index (χ4v) is 2.20. The molecule has 0 atom stereocenters. The third-order valence-electron chi connectivity index (χ3n) is 3.49. The fourth-order valence-electron chi connectivity index (χ4n) is 2.00. The molecule has 2 aromatic rings. The number of carboxylic acids is 1. The molecule has 0 saturated carbocycles. The number of hydrogen-bond acceptors (Lipinski definition) is 3. The number of benzene rings is 1. The van der Waals surface area contributed by atoms with Crippen molar-refractivity contribution >= 4 is 17.6 Å². The summed E-state index contributed by atoms with van der Waals surface area (Å²) in [6.45, 7) is 3.29. The second-order valence-corrected chi connectivity index (χ2v) is 5.07. The molecule has 21 heavy (non-hydrogen) atoms. The van der Waals surface area contributed by atoms with Crippen molar-refractivity contribution in [1.29, 1.82) is 0 Å². The summed E-state index contributed by atoms with van der Waals surface area (Å²) in [6.07, 6.45) is 0. The normalized spacial score (nSPS) is 10.7. The van der Waals surface area contributed by atoms with Crippen LogP contribution in [0, 0.1) is 13.8 Å². The van der Waals surface area contributed by atoms with E-state index in [0.29, 0.717) is 11.3 Å². The molecule has 0 bridgehead atoms. The molecule has 1 aromatic carbocycles. The van der Waals surface area contributed by atoms with Crippen LogP contribution in [0.5, 0.6) is 0 Å². The van der Waals surface area contributed by atoms with E-state index in [-0.39, 0.29) is 16.3 Å². The standard InChI is InChI=1S/C14H13ClN2O4/c1-7-8(2)16(3)14(21)17(12(7)18)9-4-5-11(15)10(6-9)13(19)20/h4-6H,1-3H3,(H,19,20). The number of aromatic nitrogens is 2. The zero-order valence-corrected chi connectivity index (χ0v) is 12.4. The van der Waals surface area contributed by atoms with Crippen molar-refractivity contribution in [2.24, 2.45) is 7.05 Å². The fraction of sp³-hybridized carbons (Fsp3) is 0.214. The van der Waals surface area contributed by atoms with Crippen LogP contribution in [0.25, 0.3) is 5.69 Å². The van der Waals surface area contributed by atoms with Gasteiger partial charge in [-0.2, -0.15) is 0 Å². The maximum atomic E-state index is 12.3. The van der Waals surface area contributed by atoms with E-state index < -0.39 is 17.2 Å². The third kappa shape index (κ3) is 2.38. The molecular weight excluding hydrogens is 296 g/mol. The van der Waals surface area contributed by atoms with Crippen LogP contribution in [0.15, 0.2) is 27.8 Å². The number of nitrogens with zero attached hydrogens (tertiary/aromatic N) is 2. The van der Waals surface area contributed by atoms with Crippen LogP contribution in [0.3, 0.4) is 0 Å². The van der Waals surface area contributed by atoms with E-state index in [4.69, 9.17) is 16.7 Å². The zero-order valence-electron chi connectivity index (χ0n) is 11.7. The number of aromatic carboxylic acids is 1. The van der Waals surface area contributed by atoms with Gasteiger partial charge in [-0.05, 0) is 32.0 Å². The van der Waals surface area contributed by atoms with E-state index in [1.165, 1.54) is 22.8 Å². The first kappa shape index (κ1) is 15.1. The topological polar surface area (TPSA) is 81.3 Å². The first-order valence-electron chi connectivity index (χ1n) is 6.08. The molecule has 7 heteroatoms. The molecule has 0 fully saturated rings. The number of hydrogen-bond donors (Lipinski definition) is 1. The number of rotatable bonds is 2. The lowest BCUT2D eigenvalue weighted by molar-refractivity contribution is 0.0697. The van der Waals surface area contributed by atoms with Gasteiger partial charge in [-0.3, -0.25) is 4.79 Å². The van der Waals surface area contributed by atoms with Gasteiger partial charge >= 0.3 is 11.7 Å². The summed E-state index contributed by atoms with van der Waals surface area (Å²) in [5, 5.41) is 9.12. The van der Waals surface area contributed by atoms with Crippen molar-refractivity contribution in [3.8, 4) is 5.69 Å². The van der Waals surface area contributed by atoms with Crippen LogP contribution >= 0.6 is 11.6 Å². The van der Waals surface area contributed by atoms with Gasteiger partial charge in [0.2, 0.25) is 0 Å². The summed E-state index contributed by atoms with van der Waals surface area (Å²) in [5.41, 5.74) is -0.0273. The monoisotopic (exact) mass is 308 g/mol. The van der Waals surface area contributed by atoms with Crippen LogP contribution in [-0.4, -0.2) is 20.2 Å². The lowest BCUT2D eigenvalue weighted by atomic mass is 10.2. The quantitative estimate of drug-likeness (QED) is 0.911. The van der Waals surface area contributed by atoms with Crippen LogP contribution < -0.4 is 11.2 Å². The van der Waals surface area contributed by atoms with Gasteiger partial charge in [0.1, 0.15) is 0 Å². The molecule has 1 N–H and O–H groups in total. The Labute approximate surface area is 124 Å². The number of carboxylic acid groups (broad SMARTS) is 1. The minimum absolute atomic E-state index is 0.0416. The number of carbonyl (C=O) groups is 1. The molecule has 0 aliphatic heterocycles. The van der Waals surface area contributed by atoms with E-state index in [9.17, 15) is 14.4 Å². The highest BCUT2D eigenvalue weighted by Crippen LogP contribution is 2.19.